The quantitative estimate of drug-likeness (QED) is 0.270. The SMILES string of the molecule is C[C@H]1CN([C@@H](C)CO)C(=O)Cc2cc(NC(=O)CCC(F)(F)F)ccc2O[C@H]1CN(C)Cc1ccc(Oc2ccccc2)cc1. The maximum absolute atomic E-state index is 13.4. The second kappa shape index (κ2) is 15.3. The summed E-state index contributed by atoms with van der Waals surface area (Å²) in [4.78, 5) is 29.3. The van der Waals surface area contributed by atoms with Crippen molar-refractivity contribution in [1.82, 2.24) is 9.80 Å². The number of benzene rings is 3. The first kappa shape index (κ1) is 33.8. The molecule has 0 saturated heterocycles. The molecule has 0 bridgehead atoms. The summed E-state index contributed by atoms with van der Waals surface area (Å²) in [7, 11) is 1.98. The van der Waals surface area contributed by atoms with Crippen molar-refractivity contribution >= 4 is 17.5 Å². The van der Waals surface area contributed by atoms with Crippen LogP contribution in [0.2, 0.25) is 0 Å². The number of anilines is 1. The van der Waals surface area contributed by atoms with E-state index >= 15 is 0 Å². The molecule has 1 heterocycles. The smallest absolute Gasteiger partial charge is 0.389 e. The number of likely N-dealkylation sites (N-methyl/N-ethyl adjacent to an activating group) is 1. The molecule has 2 N–H and O–H groups in total. The average Bonchev–Trinajstić information content (AvgIpc) is 3.04. The topological polar surface area (TPSA) is 91.3 Å². The number of halogens is 3. The molecule has 0 unspecified atom stereocenters. The van der Waals surface area contributed by atoms with Crippen LogP contribution < -0.4 is 14.8 Å². The summed E-state index contributed by atoms with van der Waals surface area (Å²) in [6.45, 7) is 5.07. The second-order valence-electron chi connectivity index (χ2n) is 11.6. The Labute approximate surface area is 261 Å². The third-order valence-corrected chi connectivity index (χ3v) is 7.68. The highest BCUT2D eigenvalue weighted by molar-refractivity contribution is 5.91. The van der Waals surface area contributed by atoms with E-state index < -0.39 is 31.0 Å². The van der Waals surface area contributed by atoms with Gasteiger partial charge in [0.2, 0.25) is 11.8 Å². The van der Waals surface area contributed by atoms with Gasteiger partial charge in [-0.25, -0.2) is 0 Å². The van der Waals surface area contributed by atoms with Gasteiger partial charge in [0.05, 0.1) is 25.5 Å². The molecule has 4 rings (SSSR count). The second-order valence-corrected chi connectivity index (χ2v) is 11.6. The summed E-state index contributed by atoms with van der Waals surface area (Å²) in [6, 6.07) is 21.7. The van der Waals surface area contributed by atoms with Crippen molar-refractivity contribution in [2.75, 3.05) is 32.1 Å². The molecular weight excluding hydrogens is 587 g/mol. The van der Waals surface area contributed by atoms with Crippen molar-refractivity contribution in [3.05, 3.63) is 83.9 Å². The average molecular weight is 628 g/mol. The van der Waals surface area contributed by atoms with Crippen LogP contribution in [0, 0.1) is 5.92 Å². The predicted octanol–water partition coefficient (Wildman–Crippen LogP) is 6.04. The van der Waals surface area contributed by atoms with Crippen molar-refractivity contribution in [2.45, 2.75) is 58.0 Å². The van der Waals surface area contributed by atoms with Gasteiger partial charge in [-0.15, -0.1) is 0 Å². The maximum Gasteiger partial charge on any atom is 0.389 e. The number of hydrogen-bond donors (Lipinski definition) is 2. The van der Waals surface area contributed by atoms with Crippen molar-refractivity contribution in [3.8, 4) is 17.2 Å². The molecule has 0 aromatic heterocycles. The van der Waals surface area contributed by atoms with Gasteiger partial charge in [-0.05, 0) is 62.0 Å². The van der Waals surface area contributed by atoms with Crippen molar-refractivity contribution in [1.29, 1.82) is 0 Å². The minimum absolute atomic E-state index is 0.0569. The lowest BCUT2D eigenvalue weighted by Gasteiger charge is -2.34. The summed E-state index contributed by atoms with van der Waals surface area (Å²) in [5.74, 6) is 0.846. The zero-order valence-electron chi connectivity index (χ0n) is 25.7. The van der Waals surface area contributed by atoms with Crippen LogP contribution in [0.5, 0.6) is 17.2 Å². The number of nitrogens with zero attached hydrogens (tertiary/aromatic N) is 2. The summed E-state index contributed by atoms with van der Waals surface area (Å²) in [5, 5.41) is 12.4. The Morgan fingerprint density at radius 1 is 1.11 bits per heavy atom. The Morgan fingerprint density at radius 3 is 2.47 bits per heavy atom. The number of amides is 2. The van der Waals surface area contributed by atoms with E-state index in [0.29, 0.717) is 30.9 Å². The highest BCUT2D eigenvalue weighted by Gasteiger charge is 2.31. The van der Waals surface area contributed by atoms with E-state index in [-0.39, 0.29) is 36.6 Å². The molecule has 1 aliphatic heterocycles. The molecular formula is C34H40F3N3O5. The number of fused-ring (bicyclic) bond motifs is 1. The molecule has 3 atom stereocenters. The zero-order valence-corrected chi connectivity index (χ0v) is 25.7. The standard InChI is InChI=1S/C34H40F3N3O5/c1-23-19-40(24(2)22-41)33(43)18-26-17-27(38-32(42)15-16-34(35,36)37)11-14-30(26)45-31(23)21-39(3)20-25-9-12-29(13-10-25)44-28-7-5-4-6-8-28/h4-14,17,23-24,31,41H,15-16,18-22H2,1-3H3,(H,38,42)/t23-,24-,31-/m0/s1. The molecule has 0 saturated carbocycles. The van der Waals surface area contributed by atoms with E-state index in [4.69, 9.17) is 9.47 Å². The molecule has 2 amide bonds. The number of hydrogen-bond acceptors (Lipinski definition) is 6. The monoisotopic (exact) mass is 627 g/mol. The lowest BCUT2D eigenvalue weighted by molar-refractivity contribution is -0.142. The van der Waals surface area contributed by atoms with Gasteiger partial charge in [0.15, 0.2) is 0 Å². The van der Waals surface area contributed by atoms with Gasteiger partial charge in [-0.2, -0.15) is 13.2 Å². The van der Waals surface area contributed by atoms with E-state index in [2.05, 4.69) is 10.2 Å². The summed E-state index contributed by atoms with van der Waals surface area (Å²) >= 11 is 0. The first-order chi connectivity index (χ1) is 21.4. The van der Waals surface area contributed by atoms with Crippen LogP contribution in [0.25, 0.3) is 0 Å². The Balaban J connectivity index is 1.49. The Bertz CT molecular complexity index is 1420. The Morgan fingerprint density at radius 2 is 1.80 bits per heavy atom. The van der Waals surface area contributed by atoms with Crippen molar-refractivity contribution in [2.24, 2.45) is 5.92 Å². The largest absolute Gasteiger partial charge is 0.488 e. The van der Waals surface area contributed by atoms with Crippen molar-refractivity contribution < 1.29 is 37.3 Å². The van der Waals surface area contributed by atoms with Crippen molar-refractivity contribution in [3.63, 3.8) is 0 Å². The van der Waals surface area contributed by atoms with Crippen LogP contribution in [0.15, 0.2) is 72.8 Å². The van der Waals surface area contributed by atoms with Gasteiger partial charge in [-0.3, -0.25) is 14.5 Å². The fourth-order valence-corrected chi connectivity index (χ4v) is 5.17. The highest BCUT2D eigenvalue weighted by atomic mass is 19.4. The minimum atomic E-state index is -4.44. The van der Waals surface area contributed by atoms with E-state index in [1.165, 1.54) is 0 Å². The highest BCUT2D eigenvalue weighted by Crippen LogP contribution is 2.30. The van der Waals surface area contributed by atoms with Crippen LogP contribution in [-0.4, -0.2) is 71.8 Å². The molecule has 8 nitrogen and oxygen atoms in total. The number of nitrogens with one attached hydrogen (secondary N) is 1. The van der Waals surface area contributed by atoms with E-state index in [9.17, 15) is 27.9 Å². The molecule has 11 heteroatoms. The molecule has 0 aliphatic carbocycles. The number of rotatable bonds is 11. The summed E-state index contributed by atoms with van der Waals surface area (Å²) in [5.41, 5.74) is 1.85. The van der Waals surface area contributed by atoms with E-state index in [1.807, 2.05) is 68.6 Å². The Hall–Kier alpha value is -4.09. The van der Waals surface area contributed by atoms with Crippen LogP contribution in [0.4, 0.5) is 18.9 Å². The summed E-state index contributed by atoms with van der Waals surface area (Å²) in [6.07, 6.45) is -6.77. The minimum Gasteiger partial charge on any atom is -0.488 e. The number of para-hydroxylation sites is 1. The van der Waals surface area contributed by atoms with Gasteiger partial charge in [0, 0.05) is 43.2 Å². The van der Waals surface area contributed by atoms with Gasteiger partial charge < -0.3 is 24.8 Å². The van der Waals surface area contributed by atoms with E-state index in [1.54, 1.807) is 30.0 Å². The first-order valence-electron chi connectivity index (χ1n) is 15.0. The molecule has 3 aromatic carbocycles. The molecule has 0 radical (unpaired) electrons. The maximum atomic E-state index is 13.4. The molecule has 0 spiro atoms. The van der Waals surface area contributed by atoms with Gasteiger partial charge in [0.1, 0.15) is 23.4 Å². The van der Waals surface area contributed by atoms with Gasteiger partial charge >= 0.3 is 6.18 Å². The third kappa shape index (κ3) is 10.2. The number of aliphatic hydroxyl groups excluding tert-OH is 1. The summed E-state index contributed by atoms with van der Waals surface area (Å²) < 4.78 is 50.2. The van der Waals surface area contributed by atoms with Crippen LogP contribution in [0.1, 0.15) is 37.8 Å². The molecule has 45 heavy (non-hydrogen) atoms. The van der Waals surface area contributed by atoms with E-state index in [0.717, 1.165) is 17.1 Å². The van der Waals surface area contributed by atoms with Gasteiger partial charge in [-0.1, -0.05) is 37.3 Å². The molecule has 3 aromatic rings. The third-order valence-electron chi connectivity index (χ3n) is 7.68. The predicted molar refractivity (Wildman–Crippen MR) is 165 cm³/mol. The lowest BCUT2D eigenvalue weighted by Crippen LogP contribution is -2.47. The zero-order chi connectivity index (χ0) is 32.6. The van der Waals surface area contributed by atoms with Crippen LogP contribution in [0.3, 0.4) is 0 Å². The lowest BCUT2D eigenvalue weighted by atomic mass is 10.0. The van der Waals surface area contributed by atoms with Crippen LogP contribution in [-0.2, 0) is 22.6 Å². The molecule has 242 valence electrons. The fraction of sp³-hybridized carbons (Fsp3) is 0.412. The first-order valence-corrected chi connectivity index (χ1v) is 15.0. The Kier molecular flexibility index (Phi) is 11.5. The number of ether oxygens (including phenoxy) is 2. The normalized spacial score (nSPS) is 17.9. The molecule has 0 fully saturated rings. The van der Waals surface area contributed by atoms with Gasteiger partial charge in [0.25, 0.3) is 0 Å². The molecule has 1 aliphatic rings. The fourth-order valence-electron chi connectivity index (χ4n) is 5.17. The number of carbonyl (C=O) groups is 2. The number of aliphatic hydroxyl groups is 1. The number of carbonyl (C=O) groups excluding carboxylic acids is 2. The van der Waals surface area contributed by atoms with Crippen LogP contribution >= 0.6 is 0 Å². The number of alkyl halides is 3.